The van der Waals surface area contributed by atoms with Crippen molar-refractivity contribution in [1.29, 1.82) is 0 Å². The number of rotatable bonds is 6. The Kier molecular flexibility index (Phi) is 6.38. The van der Waals surface area contributed by atoms with Gasteiger partial charge in [-0.2, -0.15) is 0 Å². The van der Waals surface area contributed by atoms with Gasteiger partial charge in [0.2, 0.25) is 5.91 Å². The zero-order valence-corrected chi connectivity index (χ0v) is 13.8. The third-order valence-electron chi connectivity index (χ3n) is 3.78. The summed E-state index contributed by atoms with van der Waals surface area (Å²) in [5.74, 6) is -1.29. The molecule has 0 radical (unpaired) electrons. The van der Waals surface area contributed by atoms with Gasteiger partial charge < -0.3 is 15.2 Å². The number of nitrogens with zero attached hydrogens (tertiary/aromatic N) is 1. The van der Waals surface area contributed by atoms with Crippen molar-refractivity contribution in [2.45, 2.75) is 25.9 Å². The monoisotopic (exact) mass is 340 g/mol. The molecule has 1 saturated heterocycles. The van der Waals surface area contributed by atoms with E-state index in [-0.39, 0.29) is 29.1 Å². The summed E-state index contributed by atoms with van der Waals surface area (Å²) in [5.41, 5.74) is 0.406. The smallest absolute Gasteiger partial charge is 0.337 e. The molecule has 2 N–H and O–H groups in total. The minimum absolute atomic E-state index is 0.0259. The summed E-state index contributed by atoms with van der Waals surface area (Å²) in [5, 5.41) is 11.9. The number of piperidine rings is 1. The van der Waals surface area contributed by atoms with Crippen LogP contribution in [0.2, 0.25) is 5.02 Å². The molecule has 2 rings (SSSR count). The standard InChI is InChI=1S/C16H21ClN2O4/c1-2-23-12-5-7-19(8-6-12)10-15(20)18-11-3-4-14(17)13(9-11)16(21)22/h3-4,9,12H,2,5-8,10H2,1H3,(H,18,20)(H,21,22). The largest absolute Gasteiger partial charge is 0.478 e. The van der Waals surface area contributed by atoms with Crippen LogP contribution in [0.25, 0.3) is 0 Å². The van der Waals surface area contributed by atoms with Crippen molar-refractivity contribution in [3.05, 3.63) is 28.8 Å². The molecule has 23 heavy (non-hydrogen) atoms. The van der Waals surface area contributed by atoms with Gasteiger partial charge in [0.1, 0.15) is 0 Å². The number of likely N-dealkylation sites (tertiary alicyclic amines) is 1. The second kappa shape index (κ2) is 8.29. The minimum Gasteiger partial charge on any atom is -0.478 e. The highest BCUT2D eigenvalue weighted by Crippen LogP contribution is 2.21. The van der Waals surface area contributed by atoms with Gasteiger partial charge in [0.15, 0.2) is 0 Å². The van der Waals surface area contributed by atoms with Crippen LogP contribution in [-0.2, 0) is 9.53 Å². The van der Waals surface area contributed by atoms with Gasteiger partial charge in [-0.05, 0) is 38.0 Å². The Labute approximate surface area is 140 Å². The Morgan fingerprint density at radius 2 is 2.09 bits per heavy atom. The Morgan fingerprint density at radius 3 is 2.70 bits per heavy atom. The zero-order valence-electron chi connectivity index (χ0n) is 13.0. The van der Waals surface area contributed by atoms with Gasteiger partial charge in [0.25, 0.3) is 0 Å². The van der Waals surface area contributed by atoms with Crippen LogP contribution in [-0.4, -0.2) is 54.2 Å². The highest BCUT2D eigenvalue weighted by atomic mass is 35.5. The Hall–Kier alpha value is -1.63. The van der Waals surface area contributed by atoms with E-state index in [1.807, 2.05) is 6.92 Å². The maximum atomic E-state index is 12.1. The first-order valence-electron chi connectivity index (χ1n) is 7.66. The molecule has 0 saturated carbocycles. The van der Waals surface area contributed by atoms with Gasteiger partial charge >= 0.3 is 5.97 Å². The molecular formula is C16H21ClN2O4. The van der Waals surface area contributed by atoms with Crippen LogP contribution in [0, 0.1) is 0 Å². The van der Waals surface area contributed by atoms with Crippen molar-refractivity contribution in [2.24, 2.45) is 0 Å². The number of hydrogen-bond donors (Lipinski definition) is 2. The van der Waals surface area contributed by atoms with Crippen molar-refractivity contribution < 1.29 is 19.4 Å². The summed E-state index contributed by atoms with van der Waals surface area (Å²) in [6, 6.07) is 4.42. The number of carbonyl (C=O) groups is 2. The normalized spacial score (nSPS) is 16.3. The Balaban J connectivity index is 1.86. The second-order valence-electron chi connectivity index (χ2n) is 5.48. The molecule has 0 aromatic heterocycles. The summed E-state index contributed by atoms with van der Waals surface area (Å²) in [4.78, 5) is 25.2. The predicted octanol–water partition coefficient (Wildman–Crippen LogP) is 2.48. The molecule has 1 aliphatic rings. The lowest BCUT2D eigenvalue weighted by Crippen LogP contribution is -2.41. The van der Waals surface area contributed by atoms with Crippen molar-refractivity contribution in [3.8, 4) is 0 Å². The topological polar surface area (TPSA) is 78.9 Å². The Morgan fingerprint density at radius 1 is 1.39 bits per heavy atom. The first-order valence-corrected chi connectivity index (χ1v) is 8.04. The lowest BCUT2D eigenvalue weighted by atomic mass is 10.1. The molecule has 1 aliphatic heterocycles. The highest BCUT2D eigenvalue weighted by molar-refractivity contribution is 6.33. The van der Waals surface area contributed by atoms with Gasteiger partial charge in [0.05, 0.1) is 23.2 Å². The SMILES string of the molecule is CCOC1CCN(CC(=O)Nc2ccc(Cl)c(C(=O)O)c2)CC1. The molecule has 1 heterocycles. The van der Waals surface area contributed by atoms with E-state index in [9.17, 15) is 9.59 Å². The molecule has 1 amide bonds. The predicted molar refractivity (Wildman–Crippen MR) is 88.1 cm³/mol. The second-order valence-corrected chi connectivity index (χ2v) is 5.89. The van der Waals surface area contributed by atoms with Crippen molar-refractivity contribution in [2.75, 3.05) is 31.6 Å². The number of anilines is 1. The third kappa shape index (κ3) is 5.20. The summed E-state index contributed by atoms with van der Waals surface area (Å²) in [6.45, 7) is 4.62. The number of aromatic carboxylic acids is 1. The molecule has 0 aliphatic carbocycles. The summed E-state index contributed by atoms with van der Waals surface area (Å²) >= 11 is 5.81. The van der Waals surface area contributed by atoms with E-state index >= 15 is 0 Å². The molecule has 7 heteroatoms. The van der Waals surface area contributed by atoms with Crippen LogP contribution in [0.15, 0.2) is 18.2 Å². The van der Waals surface area contributed by atoms with Crippen molar-refractivity contribution >= 4 is 29.2 Å². The molecular weight excluding hydrogens is 320 g/mol. The lowest BCUT2D eigenvalue weighted by molar-refractivity contribution is -0.118. The van der Waals surface area contributed by atoms with Crippen LogP contribution < -0.4 is 5.32 Å². The number of benzene rings is 1. The molecule has 1 aromatic rings. The van der Waals surface area contributed by atoms with E-state index in [2.05, 4.69) is 10.2 Å². The maximum Gasteiger partial charge on any atom is 0.337 e. The van der Waals surface area contributed by atoms with Crippen LogP contribution in [0.1, 0.15) is 30.1 Å². The number of halogens is 1. The molecule has 6 nitrogen and oxygen atoms in total. The molecule has 1 aromatic carbocycles. The average molecular weight is 341 g/mol. The fourth-order valence-electron chi connectivity index (χ4n) is 2.64. The van der Waals surface area contributed by atoms with Crippen LogP contribution >= 0.6 is 11.6 Å². The lowest BCUT2D eigenvalue weighted by Gasteiger charge is -2.31. The minimum atomic E-state index is -1.12. The van der Waals surface area contributed by atoms with Crippen LogP contribution in [0.5, 0.6) is 0 Å². The quantitative estimate of drug-likeness (QED) is 0.831. The van der Waals surface area contributed by atoms with E-state index in [4.69, 9.17) is 21.4 Å². The highest BCUT2D eigenvalue weighted by Gasteiger charge is 2.21. The summed E-state index contributed by atoms with van der Waals surface area (Å²) in [7, 11) is 0. The number of carboxylic acid groups (broad SMARTS) is 1. The van der Waals surface area contributed by atoms with Crippen LogP contribution in [0.3, 0.4) is 0 Å². The summed E-state index contributed by atoms with van der Waals surface area (Å²) in [6.07, 6.45) is 2.13. The number of ether oxygens (including phenoxy) is 1. The van der Waals surface area contributed by atoms with E-state index in [0.29, 0.717) is 12.3 Å². The van der Waals surface area contributed by atoms with Crippen molar-refractivity contribution in [3.63, 3.8) is 0 Å². The van der Waals surface area contributed by atoms with Gasteiger partial charge in [-0.3, -0.25) is 9.69 Å². The molecule has 0 bridgehead atoms. The molecule has 0 spiro atoms. The number of carbonyl (C=O) groups excluding carboxylic acids is 1. The van der Waals surface area contributed by atoms with Gasteiger partial charge in [-0.15, -0.1) is 0 Å². The first kappa shape index (κ1) is 17.7. The van der Waals surface area contributed by atoms with E-state index in [1.54, 1.807) is 6.07 Å². The first-order chi connectivity index (χ1) is 11.0. The number of hydrogen-bond acceptors (Lipinski definition) is 4. The van der Waals surface area contributed by atoms with Crippen molar-refractivity contribution in [1.82, 2.24) is 4.90 Å². The van der Waals surface area contributed by atoms with Gasteiger partial charge in [-0.25, -0.2) is 4.79 Å². The molecule has 0 unspecified atom stereocenters. The fourth-order valence-corrected chi connectivity index (χ4v) is 2.84. The molecule has 126 valence electrons. The van der Waals surface area contributed by atoms with E-state index in [0.717, 1.165) is 25.9 Å². The van der Waals surface area contributed by atoms with E-state index in [1.165, 1.54) is 12.1 Å². The average Bonchev–Trinajstić information content (AvgIpc) is 2.51. The number of amides is 1. The third-order valence-corrected chi connectivity index (χ3v) is 4.11. The molecule has 1 fully saturated rings. The fraction of sp³-hybridized carbons (Fsp3) is 0.500. The zero-order chi connectivity index (χ0) is 16.8. The number of carboxylic acids is 1. The van der Waals surface area contributed by atoms with Gasteiger partial charge in [0, 0.05) is 25.4 Å². The summed E-state index contributed by atoms with van der Waals surface area (Å²) < 4.78 is 5.58. The Bertz CT molecular complexity index is 571. The van der Waals surface area contributed by atoms with E-state index < -0.39 is 5.97 Å². The number of nitrogens with one attached hydrogen (secondary N) is 1. The van der Waals surface area contributed by atoms with Crippen LogP contribution in [0.4, 0.5) is 5.69 Å². The van der Waals surface area contributed by atoms with Gasteiger partial charge in [-0.1, -0.05) is 11.6 Å². The maximum absolute atomic E-state index is 12.1. The molecule has 0 atom stereocenters.